The number of primary amides is 1. The van der Waals surface area contributed by atoms with Crippen LogP contribution in [0.25, 0.3) is 0 Å². The van der Waals surface area contributed by atoms with Crippen LogP contribution in [0.1, 0.15) is 15.9 Å². The van der Waals surface area contributed by atoms with Gasteiger partial charge in [0.25, 0.3) is 11.8 Å². The van der Waals surface area contributed by atoms with Gasteiger partial charge in [-0.15, -0.1) is 11.3 Å². The first-order chi connectivity index (χ1) is 10.1. The fraction of sp³-hybridized carbons (Fsp3) is 0.0714. The van der Waals surface area contributed by atoms with E-state index in [-0.39, 0.29) is 12.2 Å². The molecule has 0 radical (unpaired) electrons. The second kappa shape index (κ2) is 6.54. The first-order valence-electron chi connectivity index (χ1n) is 5.90. The van der Waals surface area contributed by atoms with Gasteiger partial charge >= 0.3 is 0 Å². The average Bonchev–Trinajstić information content (AvgIpc) is 2.93. The molecule has 3 N–H and O–H groups in total. The van der Waals surface area contributed by atoms with Crippen LogP contribution in [0.5, 0.6) is 5.75 Å². The minimum absolute atomic E-state index is 0.231. The van der Waals surface area contributed by atoms with Crippen LogP contribution in [-0.4, -0.2) is 18.4 Å². The summed E-state index contributed by atoms with van der Waals surface area (Å²) in [5.41, 5.74) is 5.90. The molecule has 0 aliphatic carbocycles. The molecule has 0 unspecified atom stereocenters. The first kappa shape index (κ1) is 14.6. The largest absolute Gasteiger partial charge is 0.484 e. The van der Waals surface area contributed by atoms with Gasteiger partial charge in [-0.25, -0.2) is 0 Å². The van der Waals surface area contributed by atoms with Gasteiger partial charge in [0.2, 0.25) is 0 Å². The summed E-state index contributed by atoms with van der Waals surface area (Å²) in [6, 6.07) is 10.0. The number of carbonyl (C=O) groups excluding carboxylic acids is 2. The number of nitriles is 1. The maximum absolute atomic E-state index is 11.8. The molecule has 2 amide bonds. The average molecular weight is 301 g/mol. The van der Waals surface area contributed by atoms with E-state index in [4.69, 9.17) is 15.7 Å². The highest BCUT2D eigenvalue weighted by Crippen LogP contribution is 2.22. The maximum Gasteiger partial charge on any atom is 0.262 e. The van der Waals surface area contributed by atoms with Gasteiger partial charge in [-0.05, 0) is 29.6 Å². The quantitative estimate of drug-likeness (QED) is 0.877. The normalized spacial score (nSPS) is 9.67. The van der Waals surface area contributed by atoms with Crippen LogP contribution in [0.3, 0.4) is 0 Å². The van der Waals surface area contributed by atoms with Crippen LogP contribution < -0.4 is 15.8 Å². The zero-order chi connectivity index (χ0) is 15.2. The van der Waals surface area contributed by atoms with E-state index in [2.05, 4.69) is 5.32 Å². The van der Waals surface area contributed by atoms with Gasteiger partial charge < -0.3 is 15.8 Å². The van der Waals surface area contributed by atoms with E-state index < -0.39 is 11.8 Å². The number of rotatable bonds is 5. The number of anilines is 1. The molecule has 6 nitrogen and oxygen atoms in total. The van der Waals surface area contributed by atoms with Crippen molar-refractivity contribution in [2.45, 2.75) is 0 Å². The van der Waals surface area contributed by atoms with Gasteiger partial charge in [-0.1, -0.05) is 6.07 Å². The molecule has 0 aliphatic heterocycles. The SMILES string of the molecule is N#Cc1cccc(OCC(=O)Nc2sccc2C(N)=O)c1. The Hall–Kier alpha value is -2.85. The molecule has 2 rings (SSSR count). The highest BCUT2D eigenvalue weighted by atomic mass is 32.1. The second-order valence-electron chi connectivity index (χ2n) is 4.00. The molecule has 0 aliphatic rings. The Morgan fingerprint density at radius 2 is 2.19 bits per heavy atom. The summed E-state index contributed by atoms with van der Waals surface area (Å²) in [4.78, 5) is 22.9. The van der Waals surface area contributed by atoms with Crippen LogP contribution >= 0.6 is 11.3 Å². The Morgan fingerprint density at radius 3 is 2.90 bits per heavy atom. The molecular formula is C14H11N3O3S. The molecular weight excluding hydrogens is 290 g/mol. The zero-order valence-electron chi connectivity index (χ0n) is 10.8. The molecule has 1 heterocycles. The van der Waals surface area contributed by atoms with E-state index in [1.54, 1.807) is 29.6 Å². The van der Waals surface area contributed by atoms with Crippen molar-refractivity contribution in [2.24, 2.45) is 5.73 Å². The number of nitrogens with two attached hydrogens (primary N) is 1. The Kier molecular flexibility index (Phi) is 4.53. The number of nitrogens with one attached hydrogen (secondary N) is 1. The van der Waals surface area contributed by atoms with E-state index in [1.165, 1.54) is 17.4 Å². The Balaban J connectivity index is 1.94. The molecule has 7 heteroatoms. The van der Waals surface area contributed by atoms with Crippen LogP contribution in [0.15, 0.2) is 35.7 Å². The fourth-order valence-corrected chi connectivity index (χ4v) is 2.38. The summed E-state index contributed by atoms with van der Waals surface area (Å²) in [6.07, 6.45) is 0. The number of thiophene rings is 1. The molecule has 1 aromatic heterocycles. The third-order valence-corrected chi connectivity index (χ3v) is 3.35. The predicted octanol–water partition coefficient (Wildman–Crippen LogP) is 1.74. The molecule has 0 spiro atoms. The summed E-state index contributed by atoms with van der Waals surface area (Å²) in [5.74, 6) is -0.595. The van der Waals surface area contributed by atoms with Crippen molar-refractivity contribution < 1.29 is 14.3 Å². The van der Waals surface area contributed by atoms with Crippen molar-refractivity contribution >= 4 is 28.2 Å². The Labute approximate surface area is 124 Å². The maximum atomic E-state index is 11.8. The monoisotopic (exact) mass is 301 g/mol. The van der Waals surface area contributed by atoms with Crippen LogP contribution in [0.4, 0.5) is 5.00 Å². The summed E-state index contributed by atoms with van der Waals surface area (Å²) >= 11 is 1.20. The van der Waals surface area contributed by atoms with E-state index >= 15 is 0 Å². The Morgan fingerprint density at radius 1 is 1.38 bits per heavy atom. The number of carbonyl (C=O) groups is 2. The van der Waals surface area contributed by atoms with E-state index in [0.717, 1.165) is 0 Å². The van der Waals surface area contributed by atoms with Gasteiger partial charge in [0.1, 0.15) is 10.8 Å². The summed E-state index contributed by atoms with van der Waals surface area (Å²) < 4.78 is 5.28. The smallest absolute Gasteiger partial charge is 0.262 e. The first-order valence-corrected chi connectivity index (χ1v) is 6.78. The molecule has 0 atom stereocenters. The highest BCUT2D eigenvalue weighted by Gasteiger charge is 2.12. The molecule has 0 bridgehead atoms. The standard InChI is InChI=1S/C14H11N3O3S/c15-7-9-2-1-3-10(6-9)20-8-12(18)17-14-11(13(16)19)4-5-21-14/h1-6H,8H2,(H2,16,19)(H,17,18). The minimum atomic E-state index is -0.603. The highest BCUT2D eigenvalue weighted by molar-refractivity contribution is 7.14. The predicted molar refractivity (Wildman–Crippen MR) is 78.1 cm³/mol. The molecule has 1 aromatic carbocycles. The number of hydrogen-bond donors (Lipinski definition) is 2. The van der Waals surface area contributed by atoms with Gasteiger partial charge in [-0.2, -0.15) is 5.26 Å². The summed E-state index contributed by atoms with van der Waals surface area (Å²) in [7, 11) is 0. The van der Waals surface area contributed by atoms with Gasteiger partial charge in [-0.3, -0.25) is 9.59 Å². The third-order valence-electron chi connectivity index (χ3n) is 2.52. The molecule has 106 valence electrons. The lowest BCUT2D eigenvalue weighted by molar-refractivity contribution is -0.118. The number of nitrogens with zero attached hydrogens (tertiary/aromatic N) is 1. The number of ether oxygens (including phenoxy) is 1. The molecule has 0 saturated carbocycles. The summed E-state index contributed by atoms with van der Waals surface area (Å²) in [5, 5.41) is 13.4. The molecule has 0 fully saturated rings. The topological polar surface area (TPSA) is 105 Å². The van der Waals surface area contributed by atoms with Crippen LogP contribution in [-0.2, 0) is 4.79 Å². The van der Waals surface area contributed by atoms with Gasteiger partial charge in [0, 0.05) is 0 Å². The molecule has 21 heavy (non-hydrogen) atoms. The minimum Gasteiger partial charge on any atom is -0.484 e. The van der Waals surface area contributed by atoms with Crippen molar-refractivity contribution in [3.05, 3.63) is 46.8 Å². The number of hydrogen-bond acceptors (Lipinski definition) is 5. The van der Waals surface area contributed by atoms with E-state index in [1.807, 2.05) is 6.07 Å². The summed E-state index contributed by atoms with van der Waals surface area (Å²) in [6.45, 7) is -0.231. The van der Waals surface area contributed by atoms with Gasteiger partial charge in [0.05, 0.1) is 17.2 Å². The Bertz CT molecular complexity index is 718. The van der Waals surface area contributed by atoms with Crippen molar-refractivity contribution in [3.8, 4) is 11.8 Å². The molecule has 2 aromatic rings. The lowest BCUT2D eigenvalue weighted by Crippen LogP contribution is -2.21. The van der Waals surface area contributed by atoms with Crippen molar-refractivity contribution in [2.75, 3.05) is 11.9 Å². The van der Waals surface area contributed by atoms with E-state index in [0.29, 0.717) is 16.3 Å². The van der Waals surface area contributed by atoms with E-state index in [9.17, 15) is 9.59 Å². The van der Waals surface area contributed by atoms with Crippen molar-refractivity contribution in [3.63, 3.8) is 0 Å². The zero-order valence-corrected chi connectivity index (χ0v) is 11.6. The lowest BCUT2D eigenvalue weighted by atomic mass is 10.2. The lowest BCUT2D eigenvalue weighted by Gasteiger charge is -2.07. The fourth-order valence-electron chi connectivity index (χ4n) is 1.57. The molecule has 0 saturated heterocycles. The second-order valence-corrected chi connectivity index (χ2v) is 4.92. The van der Waals surface area contributed by atoms with Gasteiger partial charge in [0.15, 0.2) is 6.61 Å². The van der Waals surface area contributed by atoms with Crippen molar-refractivity contribution in [1.82, 2.24) is 0 Å². The van der Waals surface area contributed by atoms with Crippen LogP contribution in [0, 0.1) is 11.3 Å². The number of amides is 2. The van der Waals surface area contributed by atoms with Crippen LogP contribution in [0.2, 0.25) is 0 Å². The third kappa shape index (κ3) is 3.81. The number of benzene rings is 1. The van der Waals surface area contributed by atoms with Crippen molar-refractivity contribution in [1.29, 1.82) is 5.26 Å².